The first-order valence-electron chi connectivity index (χ1n) is 11.7. The van der Waals surface area contributed by atoms with Gasteiger partial charge in [0.1, 0.15) is 0 Å². The van der Waals surface area contributed by atoms with E-state index in [1.165, 1.54) is 24.8 Å². The van der Waals surface area contributed by atoms with Crippen LogP contribution in [0.25, 0.3) is 10.9 Å². The number of β-amino-alcohol motifs (C(OH)–C–C–N with tert-alkyl or cyclic N) is 1. The number of carbonyl (C=O) groups excluding carboxylic acids is 1. The maximum Gasteiger partial charge on any atom is 0.253 e. The summed E-state index contributed by atoms with van der Waals surface area (Å²) < 4.78 is 3.36. The van der Waals surface area contributed by atoms with Gasteiger partial charge in [-0.05, 0) is 87.1 Å². The summed E-state index contributed by atoms with van der Waals surface area (Å²) in [7, 11) is 0. The predicted octanol–water partition coefficient (Wildman–Crippen LogP) is 4.42. The molecule has 5 rings (SSSR count). The van der Waals surface area contributed by atoms with Crippen molar-refractivity contribution in [1.82, 2.24) is 14.8 Å². The maximum atomic E-state index is 13.0. The number of hydrogen-bond acceptors (Lipinski definition) is 6. The van der Waals surface area contributed by atoms with Crippen molar-refractivity contribution < 1.29 is 9.90 Å². The van der Waals surface area contributed by atoms with Gasteiger partial charge in [0.2, 0.25) is 0 Å². The molecule has 2 N–H and O–H groups in total. The molecule has 1 amide bonds. The van der Waals surface area contributed by atoms with Crippen LogP contribution in [-0.4, -0.2) is 64.1 Å². The highest BCUT2D eigenvalue weighted by molar-refractivity contribution is 8.00. The largest absolute Gasteiger partial charge is 0.388 e. The molecule has 6 nitrogen and oxygen atoms in total. The van der Waals surface area contributed by atoms with Crippen LogP contribution in [0, 0.1) is 0 Å². The zero-order valence-electron chi connectivity index (χ0n) is 18.7. The minimum absolute atomic E-state index is 0.0377. The van der Waals surface area contributed by atoms with Crippen molar-refractivity contribution in [2.45, 2.75) is 36.2 Å². The molecule has 0 saturated carbocycles. The van der Waals surface area contributed by atoms with E-state index in [2.05, 4.69) is 26.7 Å². The van der Waals surface area contributed by atoms with Crippen LogP contribution in [0.5, 0.6) is 0 Å². The summed E-state index contributed by atoms with van der Waals surface area (Å²) in [6.45, 7) is 4.11. The summed E-state index contributed by atoms with van der Waals surface area (Å²) in [5.74, 6) is 0.0377. The average molecular weight is 463 g/mol. The molecule has 172 valence electrons. The van der Waals surface area contributed by atoms with Gasteiger partial charge in [-0.25, -0.2) is 0 Å². The van der Waals surface area contributed by atoms with Crippen LogP contribution in [0.4, 0.5) is 5.69 Å². The van der Waals surface area contributed by atoms with E-state index in [0.717, 1.165) is 41.1 Å². The molecule has 7 heteroatoms. The van der Waals surface area contributed by atoms with E-state index in [-0.39, 0.29) is 5.91 Å². The van der Waals surface area contributed by atoms with Gasteiger partial charge in [0, 0.05) is 42.5 Å². The Morgan fingerprint density at radius 2 is 1.73 bits per heavy atom. The fraction of sp³-hybridized carbons (Fsp3) is 0.385. The van der Waals surface area contributed by atoms with Crippen molar-refractivity contribution in [3.8, 4) is 0 Å². The molecule has 1 aromatic heterocycles. The maximum absolute atomic E-state index is 13.0. The number of amides is 1. The summed E-state index contributed by atoms with van der Waals surface area (Å²) >= 11 is 1.52. The number of carbonyl (C=O) groups is 1. The monoisotopic (exact) mass is 462 g/mol. The number of likely N-dealkylation sites (tertiary alicyclic amines) is 2. The molecular formula is C26H30N4O2S. The van der Waals surface area contributed by atoms with Crippen LogP contribution >= 0.6 is 11.9 Å². The Labute approximate surface area is 199 Å². The Kier molecular flexibility index (Phi) is 6.53. The summed E-state index contributed by atoms with van der Waals surface area (Å²) in [5.41, 5.74) is 1.92. The van der Waals surface area contributed by atoms with Gasteiger partial charge < -0.3 is 19.6 Å². The zero-order chi connectivity index (χ0) is 22.7. The highest BCUT2D eigenvalue weighted by Gasteiger charge is 2.36. The number of hydrogen-bond donors (Lipinski definition) is 2. The number of fused-ring (bicyclic) bond motifs is 1. The molecule has 0 bridgehead atoms. The van der Waals surface area contributed by atoms with Gasteiger partial charge >= 0.3 is 0 Å². The fourth-order valence-corrected chi connectivity index (χ4v) is 5.55. The number of aliphatic hydroxyl groups is 1. The number of anilines is 1. The normalized spacial score (nSPS) is 18.5. The van der Waals surface area contributed by atoms with Crippen LogP contribution in [-0.2, 0) is 0 Å². The van der Waals surface area contributed by atoms with Gasteiger partial charge in [-0.3, -0.25) is 9.78 Å². The van der Waals surface area contributed by atoms with E-state index in [1.54, 1.807) is 6.20 Å². The van der Waals surface area contributed by atoms with Gasteiger partial charge in [0.05, 0.1) is 16.0 Å². The second-order valence-electron chi connectivity index (χ2n) is 9.11. The minimum Gasteiger partial charge on any atom is -0.388 e. The lowest BCUT2D eigenvalue weighted by molar-refractivity contribution is -0.0367. The van der Waals surface area contributed by atoms with Crippen molar-refractivity contribution in [3.63, 3.8) is 0 Å². The number of rotatable bonds is 6. The molecule has 2 saturated heterocycles. The van der Waals surface area contributed by atoms with Crippen LogP contribution < -0.4 is 4.72 Å². The Hall–Kier alpha value is -2.61. The van der Waals surface area contributed by atoms with Gasteiger partial charge in [0.15, 0.2) is 0 Å². The van der Waals surface area contributed by atoms with Crippen LogP contribution in [0.3, 0.4) is 0 Å². The number of benzene rings is 2. The number of para-hydroxylation sites is 1. The van der Waals surface area contributed by atoms with Crippen molar-refractivity contribution in [2.24, 2.45) is 0 Å². The van der Waals surface area contributed by atoms with Crippen molar-refractivity contribution in [1.29, 1.82) is 0 Å². The first-order chi connectivity index (χ1) is 16.1. The molecule has 0 radical (unpaired) electrons. The van der Waals surface area contributed by atoms with Crippen LogP contribution in [0.15, 0.2) is 65.7 Å². The first kappa shape index (κ1) is 22.2. The zero-order valence-corrected chi connectivity index (χ0v) is 19.6. The third-order valence-electron chi connectivity index (χ3n) is 6.70. The Balaban J connectivity index is 1.16. The van der Waals surface area contributed by atoms with Crippen molar-refractivity contribution in [2.75, 3.05) is 37.4 Å². The Morgan fingerprint density at radius 1 is 1.00 bits per heavy atom. The average Bonchev–Trinajstić information content (AvgIpc) is 3.35. The highest BCUT2D eigenvalue weighted by atomic mass is 32.2. The molecule has 3 aromatic rings. The third kappa shape index (κ3) is 5.16. The molecule has 33 heavy (non-hydrogen) atoms. The van der Waals surface area contributed by atoms with Crippen LogP contribution in [0.2, 0.25) is 0 Å². The van der Waals surface area contributed by atoms with E-state index in [9.17, 15) is 9.90 Å². The summed E-state index contributed by atoms with van der Waals surface area (Å²) in [5, 5.41) is 12.1. The Bertz CT molecular complexity index is 1100. The summed E-state index contributed by atoms with van der Waals surface area (Å²) in [4.78, 5) is 22.8. The molecular weight excluding hydrogens is 432 g/mol. The molecule has 2 aromatic carbocycles. The number of aromatic nitrogens is 1. The molecule has 0 atom stereocenters. The summed E-state index contributed by atoms with van der Waals surface area (Å²) in [6, 6.07) is 17.7. The fourth-order valence-electron chi connectivity index (χ4n) is 4.78. The van der Waals surface area contributed by atoms with Gasteiger partial charge in [-0.2, -0.15) is 0 Å². The molecule has 3 heterocycles. The third-order valence-corrected chi connectivity index (χ3v) is 7.59. The van der Waals surface area contributed by atoms with Gasteiger partial charge in [-0.1, -0.05) is 18.2 Å². The quantitative estimate of drug-likeness (QED) is 0.529. The van der Waals surface area contributed by atoms with Gasteiger partial charge in [-0.15, -0.1) is 0 Å². The molecule has 2 aliphatic rings. The highest BCUT2D eigenvalue weighted by Crippen LogP contribution is 2.29. The molecule has 0 unspecified atom stereocenters. The lowest BCUT2D eigenvalue weighted by Crippen LogP contribution is -2.51. The van der Waals surface area contributed by atoms with E-state index < -0.39 is 5.60 Å². The lowest BCUT2D eigenvalue weighted by Gasteiger charge is -2.40. The van der Waals surface area contributed by atoms with E-state index in [0.29, 0.717) is 31.5 Å². The number of pyridine rings is 1. The smallest absolute Gasteiger partial charge is 0.253 e. The lowest BCUT2D eigenvalue weighted by atomic mass is 9.90. The van der Waals surface area contributed by atoms with E-state index >= 15 is 0 Å². The molecule has 2 aliphatic heterocycles. The molecule has 0 spiro atoms. The predicted molar refractivity (Wildman–Crippen MR) is 133 cm³/mol. The Morgan fingerprint density at radius 3 is 2.48 bits per heavy atom. The standard InChI is InChI=1S/C26H30N4O2S/c31-25(30-17-12-26(32,13-18-30)19-29-15-1-2-16-29)21-8-10-22(11-9-21)28-33-23-7-3-5-20-6-4-14-27-24(20)23/h3-11,14,28,32H,1-2,12-13,15-19H2. The van der Waals surface area contributed by atoms with Crippen molar-refractivity contribution in [3.05, 3.63) is 66.4 Å². The number of piperidine rings is 1. The molecule has 0 aliphatic carbocycles. The van der Waals surface area contributed by atoms with E-state index in [1.807, 2.05) is 47.4 Å². The topological polar surface area (TPSA) is 68.7 Å². The van der Waals surface area contributed by atoms with Gasteiger partial charge in [0.25, 0.3) is 5.91 Å². The van der Waals surface area contributed by atoms with Crippen molar-refractivity contribution >= 4 is 34.4 Å². The number of nitrogens with zero attached hydrogens (tertiary/aromatic N) is 3. The second-order valence-corrected chi connectivity index (χ2v) is 9.96. The summed E-state index contributed by atoms with van der Waals surface area (Å²) in [6.07, 6.45) is 5.54. The van der Waals surface area contributed by atoms with Crippen LogP contribution in [0.1, 0.15) is 36.0 Å². The molecule has 2 fully saturated rings. The number of nitrogens with one attached hydrogen (secondary N) is 1. The van der Waals surface area contributed by atoms with E-state index in [4.69, 9.17) is 0 Å². The first-order valence-corrected chi connectivity index (χ1v) is 12.5. The minimum atomic E-state index is -0.664. The SMILES string of the molecule is O=C(c1ccc(NSc2cccc3cccnc23)cc1)N1CCC(O)(CN2CCCC2)CC1. The second kappa shape index (κ2) is 9.71.